The summed E-state index contributed by atoms with van der Waals surface area (Å²) < 4.78 is 5.39. The zero-order valence-corrected chi connectivity index (χ0v) is 13.9. The number of aryl methyl sites for hydroxylation is 1. The highest BCUT2D eigenvalue weighted by Crippen LogP contribution is 2.29. The first-order chi connectivity index (χ1) is 10.9. The first-order valence-corrected chi connectivity index (χ1v) is 7.72. The van der Waals surface area contributed by atoms with Gasteiger partial charge in [0.25, 0.3) is 0 Å². The third kappa shape index (κ3) is 4.25. The summed E-state index contributed by atoms with van der Waals surface area (Å²) >= 11 is 0. The second-order valence-corrected chi connectivity index (χ2v) is 6.07. The largest absolute Gasteiger partial charge is 0.496 e. The van der Waals surface area contributed by atoms with E-state index in [2.05, 4.69) is 5.32 Å². The molecule has 0 fully saturated rings. The second-order valence-electron chi connectivity index (χ2n) is 6.07. The van der Waals surface area contributed by atoms with Gasteiger partial charge in [0, 0.05) is 17.7 Å². The van der Waals surface area contributed by atoms with Crippen molar-refractivity contribution >= 4 is 11.6 Å². The van der Waals surface area contributed by atoms with Crippen LogP contribution in [0.25, 0.3) is 0 Å². The molecule has 0 radical (unpaired) electrons. The van der Waals surface area contributed by atoms with Gasteiger partial charge in [0.2, 0.25) is 5.91 Å². The number of amides is 1. The molecule has 2 aromatic carbocycles. The van der Waals surface area contributed by atoms with E-state index in [0.717, 1.165) is 22.6 Å². The number of carbonyl (C=O) groups excluding carboxylic acids is 1. The van der Waals surface area contributed by atoms with E-state index in [1.165, 1.54) is 0 Å². The molecular weight excluding hydrogens is 288 g/mol. The number of hydrogen-bond acceptors (Lipinski definition) is 3. The first kappa shape index (κ1) is 16.9. The Morgan fingerprint density at radius 3 is 2.48 bits per heavy atom. The Labute approximate surface area is 137 Å². The molecule has 0 aromatic heterocycles. The van der Waals surface area contributed by atoms with Gasteiger partial charge >= 0.3 is 0 Å². The molecule has 0 unspecified atom stereocenters. The molecule has 122 valence electrons. The van der Waals surface area contributed by atoms with Crippen LogP contribution >= 0.6 is 0 Å². The lowest BCUT2D eigenvalue weighted by Crippen LogP contribution is -2.41. The first-order valence-electron chi connectivity index (χ1n) is 7.72. The summed E-state index contributed by atoms with van der Waals surface area (Å²) in [4.78, 5) is 12.3. The van der Waals surface area contributed by atoms with Crippen LogP contribution in [0.15, 0.2) is 48.5 Å². The van der Waals surface area contributed by atoms with Gasteiger partial charge in [0.1, 0.15) is 5.75 Å². The average molecular weight is 312 g/mol. The van der Waals surface area contributed by atoms with Gasteiger partial charge in [-0.05, 0) is 38.0 Å². The summed E-state index contributed by atoms with van der Waals surface area (Å²) in [6.07, 6.45) is 1.02. The van der Waals surface area contributed by atoms with Crippen LogP contribution < -0.4 is 15.8 Å². The van der Waals surface area contributed by atoms with Crippen LogP contribution in [0.2, 0.25) is 0 Å². The van der Waals surface area contributed by atoms with Gasteiger partial charge in [0.15, 0.2) is 0 Å². The number of hydrogen-bond donors (Lipinski definition) is 2. The Morgan fingerprint density at radius 1 is 1.13 bits per heavy atom. The summed E-state index contributed by atoms with van der Waals surface area (Å²) in [7, 11) is 1.63. The number of anilines is 1. The highest BCUT2D eigenvalue weighted by atomic mass is 16.5. The fourth-order valence-electron chi connectivity index (χ4n) is 2.65. The van der Waals surface area contributed by atoms with E-state index < -0.39 is 5.54 Å². The molecule has 23 heavy (non-hydrogen) atoms. The molecule has 4 heteroatoms. The smallest absolute Gasteiger partial charge is 0.221 e. The Morgan fingerprint density at radius 2 is 1.78 bits per heavy atom. The highest BCUT2D eigenvalue weighted by Gasteiger charge is 2.25. The van der Waals surface area contributed by atoms with Gasteiger partial charge in [-0.2, -0.15) is 0 Å². The average Bonchev–Trinajstić information content (AvgIpc) is 2.53. The summed E-state index contributed by atoms with van der Waals surface area (Å²) in [5.74, 6) is 0.759. The van der Waals surface area contributed by atoms with Gasteiger partial charge in [-0.15, -0.1) is 0 Å². The van der Waals surface area contributed by atoms with Crippen molar-refractivity contribution in [2.45, 2.75) is 32.2 Å². The molecule has 0 aliphatic carbocycles. The van der Waals surface area contributed by atoms with Gasteiger partial charge in [-0.3, -0.25) is 4.79 Å². The SMILES string of the molecule is COc1ccccc1C(C)(C)NC(=O)CCc1ccccc1N. The van der Waals surface area contributed by atoms with Crippen LogP contribution in [0.4, 0.5) is 5.69 Å². The lowest BCUT2D eigenvalue weighted by molar-refractivity contribution is -0.122. The Kier molecular flexibility index (Phi) is 5.27. The molecule has 0 atom stereocenters. The van der Waals surface area contributed by atoms with Crippen molar-refractivity contribution in [2.75, 3.05) is 12.8 Å². The van der Waals surface area contributed by atoms with Gasteiger partial charge < -0.3 is 15.8 Å². The van der Waals surface area contributed by atoms with Crippen LogP contribution in [-0.2, 0) is 16.8 Å². The van der Waals surface area contributed by atoms with Gasteiger partial charge in [-0.25, -0.2) is 0 Å². The number of para-hydroxylation sites is 2. The van der Waals surface area contributed by atoms with Crippen LogP contribution in [0.5, 0.6) is 5.75 Å². The number of nitrogen functional groups attached to an aromatic ring is 1. The quantitative estimate of drug-likeness (QED) is 0.805. The maximum absolute atomic E-state index is 12.3. The van der Waals surface area contributed by atoms with E-state index in [9.17, 15) is 4.79 Å². The number of nitrogens with one attached hydrogen (secondary N) is 1. The molecule has 0 saturated carbocycles. The maximum Gasteiger partial charge on any atom is 0.221 e. The van der Waals surface area contributed by atoms with E-state index >= 15 is 0 Å². The molecule has 3 N–H and O–H groups in total. The minimum absolute atomic E-state index is 0.0100. The van der Waals surface area contributed by atoms with Crippen molar-refractivity contribution in [3.63, 3.8) is 0 Å². The minimum Gasteiger partial charge on any atom is -0.496 e. The third-order valence-electron chi connectivity index (χ3n) is 3.91. The van der Waals surface area contributed by atoms with Gasteiger partial charge in [-0.1, -0.05) is 36.4 Å². The molecule has 1 amide bonds. The number of ether oxygens (including phenoxy) is 1. The molecule has 2 rings (SSSR count). The Hall–Kier alpha value is -2.49. The van der Waals surface area contributed by atoms with E-state index in [1.807, 2.05) is 62.4 Å². The van der Waals surface area contributed by atoms with E-state index in [4.69, 9.17) is 10.5 Å². The monoisotopic (exact) mass is 312 g/mol. The number of rotatable bonds is 6. The van der Waals surface area contributed by atoms with Crippen molar-refractivity contribution in [3.05, 3.63) is 59.7 Å². The van der Waals surface area contributed by atoms with Crippen molar-refractivity contribution in [1.82, 2.24) is 5.32 Å². The van der Waals surface area contributed by atoms with Crippen molar-refractivity contribution in [1.29, 1.82) is 0 Å². The lowest BCUT2D eigenvalue weighted by atomic mass is 9.93. The summed E-state index contributed by atoms with van der Waals surface area (Å²) in [5, 5.41) is 3.08. The predicted molar refractivity (Wildman–Crippen MR) is 93.3 cm³/mol. The van der Waals surface area contributed by atoms with Crippen molar-refractivity contribution in [3.8, 4) is 5.75 Å². The normalized spacial score (nSPS) is 11.1. The Balaban J connectivity index is 2.02. The van der Waals surface area contributed by atoms with Crippen molar-refractivity contribution in [2.24, 2.45) is 0 Å². The minimum atomic E-state index is -0.508. The molecule has 0 spiro atoms. The molecule has 0 bridgehead atoms. The molecule has 0 heterocycles. The zero-order valence-electron chi connectivity index (χ0n) is 13.9. The summed E-state index contributed by atoms with van der Waals surface area (Å²) in [6, 6.07) is 15.4. The molecular formula is C19H24N2O2. The topological polar surface area (TPSA) is 64.3 Å². The second kappa shape index (κ2) is 7.18. The number of nitrogens with two attached hydrogens (primary N) is 1. The third-order valence-corrected chi connectivity index (χ3v) is 3.91. The fourth-order valence-corrected chi connectivity index (χ4v) is 2.65. The highest BCUT2D eigenvalue weighted by molar-refractivity contribution is 5.77. The number of carbonyl (C=O) groups is 1. The standard InChI is InChI=1S/C19H24N2O2/c1-19(2,15-9-5-7-11-17(15)23-3)21-18(22)13-12-14-8-4-6-10-16(14)20/h4-11H,12-13,20H2,1-3H3,(H,21,22). The van der Waals surface area contributed by atoms with Crippen molar-refractivity contribution < 1.29 is 9.53 Å². The van der Waals surface area contributed by atoms with E-state index in [-0.39, 0.29) is 5.91 Å². The van der Waals surface area contributed by atoms with Crippen LogP contribution in [0, 0.1) is 0 Å². The number of methoxy groups -OCH3 is 1. The van der Waals surface area contributed by atoms with Crippen LogP contribution in [0.3, 0.4) is 0 Å². The molecule has 0 aliphatic rings. The maximum atomic E-state index is 12.3. The lowest BCUT2D eigenvalue weighted by Gasteiger charge is -2.28. The number of benzene rings is 2. The predicted octanol–water partition coefficient (Wildman–Crippen LogP) is 3.26. The fraction of sp³-hybridized carbons (Fsp3) is 0.316. The van der Waals surface area contributed by atoms with E-state index in [0.29, 0.717) is 12.8 Å². The summed E-state index contributed by atoms with van der Waals surface area (Å²) in [6.45, 7) is 3.94. The van der Waals surface area contributed by atoms with E-state index in [1.54, 1.807) is 7.11 Å². The summed E-state index contributed by atoms with van der Waals surface area (Å²) in [5.41, 5.74) is 8.08. The van der Waals surface area contributed by atoms with Crippen LogP contribution in [-0.4, -0.2) is 13.0 Å². The Bertz CT molecular complexity index is 681. The zero-order chi connectivity index (χ0) is 16.9. The molecule has 0 saturated heterocycles. The van der Waals surface area contributed by atoms with Crippen LogP contribution in [0.1, 0.15) is 31.4 Å². The molecule has 4 nitrogen and oxygen atoms in total. The van der Waals surface area contributed by atoms with Gasteiger partial charge in [0.05, 0.1) is 12.6 Å². The molecule has 0 aliphatic heterocycles. The molecule has 2 aromatic rings.